The Morgan fingerprint density at radius 3 is 2.34 bits per heavy atom. The lowest BCUT2D eigenvalue weighted by Crippen LogP contribution is -2.42. The number of ether oxygens (including phenoxy) is 2. The summed E-state index contributed by atoms with van der Waals surface area (Å²) in [6, 6.07) is 12.3. The fourth-order valence-corrected chi connectivity index (χ4v) is 3.81. The summed E-state index contributed by atoms with van der Waals surface area (Å²) in [4.78, 5) is 48.8. The van der Waals surface area contributed by atoms with E-state index in [1.54, 1.807) is 49.4 Å². The van der Waals surface area contributed by atoms with Crippen molar-refractivity contribution in [3.8, 4) is 5.75 Å². The number of aromatic carboxylic acids is 1. The highest BCUT2D eigenvalue weighted by Gasteiger charge is 2.41. The van der Waals surface area contributed by atoms with E-state index in [2.05, 4.69) is 0 Å². The molecule has 1 aliphatic rings. The number of benzene rings is 2. The van der Waals surface area contributed by atoms with E-state index in [1.165, 1.54) is 19.1 Å². The van der Waals surface area contributed by atoms with Crippen LogP contribution in [0.2, 0.25) is 0 Å². The molecule has 2 amide bonds. The van der Waals surface area contributed by atoms with Crippen molar-refractivity contribution in [2.45, 2.75) is 26.5 Å². The number of carboxylic acid groups (broad SMARTS) is 1. The number of imide groups is 1. The number of esters is 1. The highest BCUT2D eigenvalue weighted by Crippen LogP contribution is 2.34. The molecule has 0 bridgehead atoms. The molecule has 1 saturated heterocycles. The van der Waals surface area contributed by atoms with E-state index < -0.39 is 29.1 Å². The largest absolute Gasteiger partial charge is 0.489 e. The molecule has 1 fully saturated rings. The minimum Gasteiger partial charge on any atom is -0.489 e. The molecule has 0 unspecified atom stereocenters. The van der Waals surface area contributed by atoms with E-state index in [0.717, 1.165) is 22.2 Å². The Labute approximate surface area is 188 Å². The van der Waals surface area contributed by atoms with Crippen molar-refractivity contribution < 1.29 is 33.8 Å². The molecular formula is C23H21NO7S. The lowest BCUT2D eigenvalue weighted by molar-refractivity contribution is -0.150. The zero-order chi connectivity index (χ0) is 23.3. The molecule has 0 saturated carbocycles. The Balaban J connectivity index is 1.63. The quantitative estimate of drug-likeness (QED) is 0.471. The Bertz CT molecular complexity index is 1060. The van der Waals surface area contributed by atoms with Gasteiger partial charge in [-0.3, -0.25) is 14.5 Å². The van der Waals surface area contributed by atoms with Crippen LogP contribution < -0.4 is 4.74 Å². The second kappa shape index (κ2) is 10.1. The van der Waals surface area contributed by atoms with Gasteiger partial charge in [0.15, 0.2) is 0 Å². The number of rotatable bonds is 8. The van der Waals surface area contributed by atoms with Crippen molar-refractivity contribution in [2.75, 3.05) is 6.61 Å². The monoisotopic (exact) mass is 455 g/mol. The van der Waals surface area contributed by atoms with Crippen LogP contribution in [0.5, 0.6) is 5.75 Å². The van der Waals surface area contributed by atoms with Crippen LogP contribution in [0.3, 0.4) is 0 Å². The first kappa shape index (κ1) is 23.1. The van der Waals surface area contributed by atoms with E-state index in [-0.39, 0.29) is 23.7 Å². The zero-order valence-corrected chi connectivity index (χ0v) is 18.3. The summed E-state index contributed by atoms with van der Waals surface area (Å²) in [5.74, 6) is -1.56. The molecule has 1 atom stereocenters. The third kappa shape index (κ3) is 5.36. The summed E-state index contributed by atoms with van der Waals surface area (Å²) < 4.78 is 10.6. The van der Waals surface area contributed by atoms with Gasteiger partial charge in [0, 0.05) is 0 Å². The number of carbonyl (C=O) groups excluding carboxylic acids is 3. The molecule has 166 valence electrons. The summed E-state index contributed by atoms with van der Waals surface area (Å²) in [6.45, 7) is 3.54. The van der Waals surface area contributed by atoms with Gasteiger partial charge in [-0.2, -0.15) is 0 Å². The van der Waals surface area contributed by atoms with E-state index in [1.807, 2.05) is 0 Å². The van der Waals surface area contributed by atoms with Gasteiger partial charge in [-0.05, 0) is 67.1 Å². The lowest BCUT2D eigenvalue weighted by Gasteiger charge is -2.19. The van der Waals surface area contributed by atoms with Crippen LogP contribution in [-0.2, 0) is 20.9 Å². The minimum absolute atomic E-state index is 0.164. The van der Waals surface area contributed by atoms with Crippen LogP contribution in [-0.4, -0.2) is 45.7 Å². The number of carbonyl (C=O) groups is 4. The normalized spacial score (nSPS) is 15.7. The van der Waals surface area contributed by atoms with Gasteiger partial charge in [0.2, 0.25) is 0 Å². The second-order valence-corrected chi connectivity index (χ2v) is 7.83. The van der Waals surface area contributed by atoms with Crippen molar-refractivity contribution in [3.05, 3.63) is 70.1 Å². The van der Waals surface area contributed by atoms with E-state index in [4.69, 9.17) is 14.6 Å². The third-order valence-corrected chi connectivity index (χ3v) is 5.51. The van der Waals surface area contributed by atoms with E-state index in [0.29, 0.717) is 11.3 Å². The summed E-state index contributed by atoms with van der Waals surface area (Å²) in [7, 11) is 0. The molecule has 0 aromatic heterocycles. The topological polar surface area (TPSA) is 110 Å². The van der Waals surface area contributed by atoms with Crippen molar-refractivity contribution in [2.24, 2.45) is 0 Å². The molecule has 9 heteroatoms. The zero-order valence-electron chi connectivity index (χ0n) is 17.4. The van der Waals surface area contributed by atoms with Gasteiger partial charge in [0.25, 0.3) is 11.1 Å². The maximum atomic E-state index is 12.6. The van der Waals surface area contributed by atoms with Crippen LogP contribution >= 0.6 is 11.8 Å². The molecule has 2 aromatic rings. The highest BCUT2D eigenvalue weighted by molar-refractivity contribution is 8.18. The number of hydrogen-bond donors (Lipinski definition) is 1. The Kier molecular flexibility index (Phi) is 7.32. The second-order valence-electron chi connectivity index (χ2n) is 6.84. The molecule has 1 aliphatic heterocycles. The molecule has 0 radical (unpaired) electrons. The van der Waals surface area contributed by atoms with Crippen LogP contribution in [0.25, 0.3) is 6.08 Å². The maximum Gasteiger partial charge on any atom is 0.335 e. The first-order valence-corrected chi connectivity index (χ1v) is 10.6. The average molecular weight is 455 g/mol. The molecule has 0 aliphatic carbocycles. The Hall–Kier alpha value is -3.59. The summed E-state index contributed by atoms with van der Waals surface area (Å²) in [6.07, 6.45) is 1.58. The van der Waals surface area contributed by atoms with Crippen LogP contribution in [0.4, 0.5) is 4.79 Å². The van der Waals surface area contributed by atoms with Gasteiger partial charge in [-0.15, -0.1) is 0 Å². The molecule has 2 aromatic carbocycles. The first-order chi connectivity index (χ1) is 15.3. The predicted molar refractivity (Wildman–Crippen MR) is 118 cm³/mol. The highest BCUT2D eigenvalue weighted by atomic mass is 32.2. The SMILES string of the molecule is CCOC(=O)[C@H](C)N1C(=O)S/C(=C\c2ccc(OCc3ccc(C(=O)O)cc3)cc2)C1=O. The van der Waals surface area contributed by atoms with Crippen molar-refractivity contribution in [3.63, 3.8) is 0 Å². The van der Waals surface area contributed by atoms with Crippen molar-refractivity contribution in [1.29, 1.82) is 0 Å². The third-order valence-electron chi connectivity index (χ3n) is 4.62. The molecule has 3 rings (SSSR count). The molecule has 8 nitrogen and oxygen atoms in total. The van der Waals surface area contributed by atoms with Gasteiger partial charge in [0.05, 0.1) is 17.1 Å². The summed E-state index contributed by atoms with van der Waals surface area (Å²) >= 11 is 0.773. The average Bonchev–Trinajstić information content (AvgIpc) is 3.05. The fourth-order valence-electron chi connectivity index (χ4n) is 2.90. The first-order valence-electron chi connectivity index (χ1n) is 9.79. The van der Waals surface area contributed by atoms with Crippen LogP contribution in [0.15, 0.2) is 53.4 Å². The number of hydrogen-bond acceptors (Lipinski definition) is 7. The van der Waals surface area contributed by atoms with Crippen LogP contribution in [0, 0.1) is 0 Å². The number of amides is 2. The van der Waals surface area contributed by atoms with Gasteiger partial charge >= 0.3 is 11.9 Å². The van der Waals surface area contributed by atoms with Gasteiger partial charge in [-0.25, -0.2) is 9.59 Å². The van der Waals surface area contributed by atoms with Gasteiger partial charge in [-0.1, -0.05) is 24.3 Å². The van der Waals surface area contributed by atoms with Crippen molar-refractivity contribution in [1.82, 2.24) is 4.90 Å². The van der Waals surface area contributed by atoms with Crippen molar-refractivity contribution >= 4 is 40.9 Å². The Morgan fingerprint density at radius 2 is 1.75 bits per heavy atom. The summed E-state index contributed by atoms with van der Waals surface area (Å²) in [5, 5.41) is 8.41. The molecule has 1 heterocycles. The number of thioether (sulfide) groups is 1. The summed E-state index contributed by atoms with van der Waals surface area (Å²) in [5.41, 5.74) is 1.72. The van der Waals surface area contributed by atoms with Gasteiger partial charge in [0.1, 0.15) is 18.4 Å². The maximum absolute atomic E-state index is 12.6. The van der Waals surface area contributed by atoms with Crippen LogP contribution in [0.1, 0.15) is 35.3 Å². The standard InChI is InChI=1S/C23H21NO7S/c1-3-30-22(28)14(2)24-20(25)19(32-23(24)29)12-15-6-10-18(11-7-15)31-13-16-4-8-17(9-5-16)21(26)27/h4-12,14H,3,13H2,1-2H3,(H,26,27)/b19-12-/t14-/m0/s1. The predicted octanol–water partition coefficient (Wildman–Crippen LogP) is 3.95. The molecule has 32 heavy (non-hydrogen) atoms. The van der Waals surface area contributed by atoms with Gasteiger partial charge < -0.3 is 14.6 Å². The molecular weight excluding hydrogens is 434 g/mol. The molecule has 1 N–H and O–H groups in total. The number of nitrogens with zero attached hydrogens (tertiary/aromatic N) is 1. The smallest absolute Gasteiger partial charge is 0.335 e. The minimum atomic E-state index is -0.992. The fraction of sp³-hybridized carbons (Fsp3) is 0.217. The molecule has 0 spiro atoms. The van der Waals surface area contributed by atoms with E-state index >= 15 is 0 Å². The Morgan fingerprint density at radius 1 is 1.09 bits per heavy atom. The van der Waals surface area contributed by atoms with E-state index in [9.17, 15) is 19.2 Å². The lowest BCUT2D eigenvalue weighted by atomic mass is 10.1. The number of carboxylic acids is 1.